The summed E-state index contributed by atoms with van der Waals surface area (Å²) in [7, 11) is 0. The Morgan fingerprint density at radius 1 is 1.12 bits per heavy atom. The quantitative estimate of drug-likeness (QED) is 0.495. The minimum absolute atomic E-state index is 0.0865. The number of benzene rings is 1. The van der Waals surface area contributed by atoms with Crippen molar-refractivity contribution in [1.82, 2.24) is 19.9 Å². The van der Waals surface area contributed by atoms with Crippen molar-refractivity contribution in [3.8, 4) is 11.3 Å². The number of anilines is 3. The Balaban J connectivity index is 1.25. The molecule has 1 aromatic carbocycles. The van der Waals surface area contributed by atoms with Gasteiger partial charge in [0.25, 0.3) is 0 Å². The predicted octanol–water partition coefficient (Wildman–Crippen LogP) is 4.46. The molecule has 9 nitrogen and oxygen atoms in total. The molecule has 0 atom stereocenters. The van der Waals surface area contributed by atoms with E-state index in [1.165, 1.54) is 16.2 Å². The van der Waals surface area contributed by atoms with Gasteiger partial charge in [-0.2, -0.15) is 0 Å². The molecule has 168 valence electrons. The Morgan fingerprint density at radius 2 is 1.94 bits per heavy atom. The molecule has 0 radical (unpaired) electrons. The number of amides is 2. The number of nitrogens with zero attached hydrogens (tertiary/aromatic N) is 4. The van der Waals surface area contributed by atoms with Gasteiger partial charge >= 0.3 is 6.09 Å². The highest BCUT2D eigenvalue weighted by atomic mass is 32.1. The molecule has 2 aromatic heterocycles. The molecule has 0 spiro atoms. The van der Waals surface area contributed by atoms with Crippen LogP contribution in [0.25, 0.3) is 16.8 Å². The van der Waals surface area contributed by atoms with E-state index in [0.29, 0.717) is 25.5 Å². The molecular formula is C23H22N6O3S. The maximum Gasteiger partial charge on any atom is 0.407 e. The Morgan fingerprint density at radius 3 is 2.64 bits per heavy atom. The highest BCUT2D eigenvalue weighted by molar-refractivity contribution is 7.16. The Bertz CT molecular complexity index is 1220. The normalized spacial score (nSPS) is 15.6. The van der Waals surface area contributed by atoms with Crippen molar-refractivity contribution in [3.05, 3.63) is 53.8 Å². The van der Waals surface area contributed by atoms with Gasteiger partial charge in [0.1, 0.15) is 10.0 Å². The lowest BCUT2D eigenvalue weighted by Gasteiger charge is -2.22. The van der Waals surface area contributed by atoms with Crippen LogP contribution in [0, 0.1) is 5.92 Å². The molecule has 5 rings (SSSR count). The lowest BCUT2D eigenvalue weighted by atomic mass is 10.1. The number of carbonyl (C=O) groups is 2. The van der Waals surface area contributed by atoms with Gasteiger partial charge in [-0.3, -0.25) is 4.79 Å². The van der Waals surface area contributed by atoms with Crippen molar-refractivity contribution in [2.24, 2.45) is 5.92 Å². The van der Waals surface area contributed by atoms with E-state index < -0.39 is 6.09 Å². The average Bonchev–Trinajstić information content (AvgIpc) is 3.59. The van der Waals surface area contributed by atoms with E-state index in [-0.39, 0.29) is 11.8 Å². The van der Waals surface area contributed by atoms with Gasteiger partial charge in [0, 0.05) is 36.5 Å². The van der Waals surface area contributed by atoms with Crippen LogP contribution < -0.4 is 10.6 Å². The number of carboxylic acid groups (broad SMARTS) is 1. The van der Waals surface area contributed by atoms with Crippen molar-refractivity contribution in [2.45, 2.75) is 19.3 Å². The molecule has 10 heteroatoms. The molecule has 1 aliphatic carbocycles. The predicted molar refractivity (Wildman–Crippen MR) is 126 cm³/mol. The molecule has 0 bridgehead atoms. The zero-order valence-electron chi connectivity index (χ0n) is 17.7. The molecule has 1 aliphatic heterocycles. The van der Waals surface area contributed by atoms with Gasteiger partial charge in [-0.05, 0) is 43.0 Å². The summed E-state index contributed by atoms with van der Waals surface area (Å²) in [6, 6.07) is 9.44. The molecule has 3 aromatic rings. The number of hydrogen-bond donors (Lipinski definition) is 3. The molecule has 3 N–H and O–H groups in total. The van der Waals surface area contributed by atoms with Gasteiger partial charge in [0.15, 0.2) is 0 Å². The van der Waals surface area contributed by atoms with E-state index in [1.54, 1.807) is 12.4 Å². The molecular weight excluding hydrogens is 440 g/mol. The summed E-state index contributed by atoms with van der Waals surface area (Å²) in [6.45, 7) is 0.846. The molecule has 2 amide bonds. The second-order valence-electron chi connectivity index (χ2n) is 7.97. The second kappa shape index (κ2) is 8.99. The first-order valence-electron chi connectivity index (χ1n) is 10.7. The molecule has 33 heavy (non-hydrogen) atoms. The van der Waals surface area contributed by atoms with E-state index in [4.69, 9.17) is 5.11 Å². The number of carbonyl (C=O) groups excluding carboxylic acids is 1. The SMILES string of the molecule is O=C(Nc1ccc(-c2ccnc(Nc3cnc(C4=CCN(C(=O)O)CC4)s3)n2)cc1)C1CC1. The lowest BCUT2D eigenvalue weighted by Crippen LogP contribution is -2.33. The van der Waals surface area contributed by atoms with Crippen molar-refractivity contribution in [1.29, 1.82) is 0 Å². The number of thiazole rings is 1. The smallest absolute Gasteiger partial charge is 0.407 e. The second-order valence-corrected chi connectivity index (χ2v) is 9.00. The summed E-state index contributed by atoms with van der Waals surface area (Å²) in [5.74, 6) is 0.716. The number of rotatable bonds is 6. The Labute approximate surface area is 194 Å². The minimum Gasteiger partial charge on any atom is -0.465 e. The fraction of sp³-hybridized carbons (Fsp3) is 0.261. The summed E-state index contributed by atoms with van der Waals surface area (Å²) < 4.78 is 0. The molecule has 2 aliphatic rings. The van der Waals surface area contributed by atoms with Gasteiger partial charge in [0.05, 0.1) is 11.9 Å². The maximum atomic E-state index is 11.9. The van der Waals surface area contributed by atoms with Crippen molar-refractivity contribution >= 4 is 45.5 Å². The van der Waals surface area contributed by atoms with Gasteiger partial charge < -0.3 is 20.6 Å². The Kier molecular flexibility index (Phi) is 5.74. The first-order chi connectivity index (χ1) is 16.0. The summed E-state index contributed by atoms with van der Waals surface area (Å²) in [4.78, 5) is 37.7. The third kappa shape index (κ3) is 5.01. The first-order valence-corrected chi connectivity index (χ1v) is 11.5. The highest BCUT2D eigenvalue weighted by Crippen LogP contribution is 2.32. The van der Waals surface area contributed by atoms with Crippen molar-refractivity contribution in [3.63, 3.8) is 0 Å². The van der Waals surface area contributed by atoms with Gasteiger partial charge in [0.2, 0.25) is 11.9 Å². The van der Waals surface area contributed by atoms with E-state index in [1.807, 2.05) is 36.4 Å². The van der Waals surface area contributed by atoms with Gasteiger partial charge in [-0.15, -0.1) is 0 Å². The zero-order valence-corrected chi connectivity index (χ0v) is 18.5. The number of aromatic nitrogens is 3. The molecule has 3 heterocycles. The summed E-state index contributed by atoms with van der Waals surface area (Å²) in [5, 5.41) is 16.9. The van der Waals surface area contributed by atoms with Crippen molar-refractivity contribution < 1.29 is 14.7 Å². The van der Waals surface area contributed by atoms with Crippen LogP contribution in [0.5, 0.6) is 0 Å². The van der Waals surface area contributed by atoms with E-state index in [9.17, 15) is 9.59 Å². The average molecular weight is 463 g/mol. The van der Waals surface area contributed by atoms with Crippen LogP contribution in [0.3, 0.4) is 0 Å². The summed E-state index contributed by atoms with van der Waals surface area (Å²) in [6.07, 6.45) is 7.03. The monoisotopic (exact) mass is 462 g/mol. The number of hydrogen-bond acceptors (Lipinski definition) is 7. The lowest BCUT2D eigenvalue weighted by molar-refractivity contribution is -0.117. The van der Waals surface area contributed by atoms with Crippen molar-refractivity contribution in [2.75, 3.05) is 23.7 Å². The molecule has 0 unspecified atom stereocenters. The number of nitrogens with one attached hydrogen (secondary N) is 2. The van der Waals surface area contributed by atoms with E-state index in [2.05, 4.69) is 25.6 Å². The van der Waals surface area contributed by atoms with Crippen LogP contribution in [-0.4, -0.2) is 50.0 Å². The van der Waals surface area contributed by atoms with Crippen LogP contribution >= 0.6 is 11.3 Å². The summed E-state index contributed by atoms with van der Waals surface area (Å²) in [5.41, 5.74) is 3.52. The zero-order chi connectivity index (χ0) is 22.8. The van der Waals surface area contributed by atoms with Crippen LogP contribution in [0.1, 0.15) is 24.3 Å². The molecule has 1 fully saturated rings. The van der Waals surface area contributed by atoms with Crippen LogP contribution in [0.2, 0.25) is 0 Å². The van der Waals surface area contributed by atoms with Gasteiger partial charge in [-0.1, -0.05) is 29.5 Å². The Hall–Kier alpha value is -3.79. The fourth-order valence-corrected chi connectivity index (χ4v) is 4.40. The van der Waals surface area contributed by atoms with E-state index in [0.717, 1.165) is 45.4 Å². The third-order valence-corrected chi connectivity index (χ3v) is 6.54. The standard InChI is InChI=1S/C23H22N6O3S/c30-20(15-1-2-15)26-17-5-3-14(4-6-17)18-7-10-24-22(27-18)28-19-13-25-21(33-19)16-8-11-29(12-9-16)23(31)32/h3-8,10,13,15H,1-2,9,11-12H2,(H,26,30)(H,31,32)(H,24,27,28). The maximum absolute atomic E-state index is 11.9. The first kappa shape index (κ1) is 21.1. The third-order valence-electron chi connectivity index (χ3n) is 5.55. The van der Waals surface area contributed by atoms with E-state index >= 15 is 0 Å². The van der Waals surface area contributed by atoms with Gasteiger partial charge in [-0.25, -0.2) is 19.7 Å². The highest BCUT2D eigenvalue weighted by Gasteiger charge is 2.29. The molecule has 1 saturated carbocycles. The molecule has 0 saturated heterocycles. The summed E-state index contributed by atoms with van der Waals surface area (Å²) >= 11 is 1.48. The fourth-order valence-electron chi connectivity index (χ4n) is 3.52. The largest absolute Gasteiger partial charge is 0.465 e. The van der Waals surface area contributed by atoms with Crippen LogP contribution in [-0.2, 0) is 4.79 Å². The topological polar surface area (TPSA) is 120 Å². The van der Waals surface area contributed by atoms with Crippen LogP contribution in [0.4, 0.5) is 21.4 Å². The minimum atomic E-state index is -0.901. The van der Waals surface area contributed by atoms with Crippen LogP contribution in [0.15, 0.2) is 48.8 Å².